The molecule has 3 N–H and O–H groups in total. The Kier molecular flexibility index (Phi) is 5.15. The Balaban J connectivity index is 1.96. The SMILES string of the molecule is CNC(=O)C(NC(=O)c1nc(-c2ccsc2)n2c1CNCC2)C(C)(C)C. The minimum atomic E-state index is -0.640. The van der Waals surface area contributed by atoms with Gasteiger partial charge in [0, 0.05) is 37.6 Å². The molecule has 7 nitrogen and oxygen atoms in total. The molecular formula is C18H25N5O2S. The lowest BCUT2D eigenvalue weighted by Gasteiger charge is -2.29. The smallest absolute Gasteiger partial charge is 0.272 e. The van der Waals surface area contributed by atoms with Crippen LogP contribution in [-0.2, 0) is 17.9 Å². The van der Waals surface area contributed by atoms with E-state index in [1.807, 2.05) is 37.6 Å². The summed E-state index contributed by atoms with van der Waals surface area (Å²) in [5.74, 6) is 0.276. The second kappa shape index (κ2) is 7.20. The molecule has 1 aliphatic heterocycles. The molecule has 0 saturated heterocycles. The summed E-state index contributed by atoms with van der Waals surface area (Å²) in [6, 6.07) is 1.37. The third-order valence-electron chi connectivity index (χ3n) is 4.52. The van der Waals surface area contributed by atoms with Gasteiger partial charge in [0.25, 0.3) is 5.91 Å². The number of rotatable bonds is 4. The first-order valence-corrected chi connectivity index (χ1v) is 9.62. The molecule has 1 unspecified atom stereocenters. The summed E-state index contributed by atoms with van der Waals surface area (Å²) in [6.07, 6.45) is 0. The van der Waals surface area contributed by atoms with Crippen LogP contribution >= 0.6 is 11.3 Å². The second-order valence-electron chi connectivity index (χ2n) is 7.46. The van der Waals surface area contributed by atoms with Crippen molar-refractivity contribution in [1.29, 1.82) is 0 Å². The number of hydrogen-bond acceptors (Lipinski definition) is 5. The van der Waals surface area contributed by atoms with Crippen molar-refractivity contribution in [2.45, 2.75) is 39.9 Å². The number of thiophene rings is 1. The number of imidazole rings is 1. The molecule has 2 amide bonds. The van der Waals surface area contributed by atoms with Gasteiger partial charge < -0.3 is 20.5 Å². The van der Waals surface area contributed by atoms with Crippen LogP contribution in [0.5, 0.6) is 0 Å². The first kappa shape index (κ1) is 18.6. The Labute approximate surface area is 157 Å². The van der Waals surface area contributed by atoms with Crippen LogP contribution in [-0.4, -0.2) is 41.0 Å². The molecule has 0 bridgehead atoms. The Morgan fingerprint density at radius 1 is 1.38 bits per heavy atom. The summed E-state index contributed by atoms with van der Waals surface area (Å²) < 4.78 is 2.10. The molecule has 0 spiro atoms. The minimum Gasteiger partial charge on any atom is -0.357 e. The maximum atomic E-state index is 13.0. The van der Waals surface area contributed by atoms with Gasteiger partial charge in [0.2, 0.25) is 5.91 Å². The quantitative estimate of drug-likeness (QED) is 0.757. The van der Waals surface area contributed by atoms with Crippen LogP contribution < -0.4 is 16.0 Å². The highest BCUT2D eigenvalue weighted by molar-refractivity contribution is 7.08. The molecule has 0 aliphatic carbocycles. The van der Waals surface area contributed by atoms with Crippen molar-refractivity contribution in [3.8, 4) is 11.4 Å². The molecule has 0 aromatic carbocycles. The molecule has 3 heterocycles. The minimum absolute atomic E-state index is 0.213. The maximum absolute atomic E-state index is 13.0. The van der Waals surface area contributed by atoms with Gasteiger partial charge in [0.05, 0.1) is 5.69 Å². The van der Waals surface area contributed by atoms with Crippen molar-refractivity contribution in [2.75, 3.05) is 13.6 Å². The zero-order chi connectivity index (χ0) is 18.9. The zero-order valence-corrected chi connectivity index (χ0v) is 16.4. The number of likely N-dealkylation sites (N-methyl/N-ethyl adjacent to an activating group) is 1. The molecule has 2 aromatic rings. The molecule has 0 saturated carbocycles. The molecule has 0 fully saturated rings. The monoisotopic (exact) mass is 375 g/mol. The van der Waals surface area contributed by atoms with Crippen LogP contribution in [0.3, 0.4) is 0 Å². The average Bonchev–Trinajstić information content (AvgIpc) is 3.25. The molecule has 140 valence electrons. The summed E-state index contributed by atoms with van der Waals surface area (Å²) in [6.45, 7) is 7.96. The van der Waals surface area contributed by atoms with Crippen LogP contribution in [0.2, 0.25) is 0 Å². The van der Waals surface area contributed by atoms with Crippen molar-refractivity contribution in [2.24, 2.45) is 5.41 Å². The first-order valence-electron chi connectivity index (χ1n) is 8.68. The summed E-state index contributed by atoms with van der Waals surface area (Å²) in [7, 11) is 1.57. The number of nitrogens with one attached hydrogen (secondary N) is 3. The van der Waals surface area contributed by atoms with Gasteiger partial charge in [0.15, 0.2) is 5.69 Å². The topological polar surface area (TPSA) is 88.1 Å². The van der Waals surface area contributed by atoms with E-state index in [-0.39, 0.29) is 11.8 Å². The highest BCUT2D eigenvalue weighted by atomic mass is 32.1. The van der Waals surface area contributed by atoms with Gasteiger partial charge >= 0.3 is 0 Å². The van der Waals surface area contributed by atoms with Crippen molar-refractivity contribution in [3.05, 3.63) is 28.2 Å². The van der Waals surface area contributed by atoms with E-state index in [1.165, 1.54) is 0 Å². The molecule has 26 heavy (non-hydrogen) atoms. The normalized spacial score (nSPS) is 15.2. The van der Waals surface area contributed by atoms with Gasteiger partial charge in [0.1, 0.15) is 11.9 Å². The van der Waals surface area contributed by atoms with E-state index in [0.717, 1.165) is 30.2 Å². The van der Waals surface area contributed by atoms with Crippen molar-refractivity contribution < 1.29 is 9.59 Å². The van der Waals surface area contributed by atoms with E-state index >= 15 is 0 Å². The Hall–Kier alpha value is -2.19. The van der Waals surface area contributed by atoms with Crippen LogP contribution in [0.15, 0.2) is 16.8 Å². The van der Waals surface area contributed by atoms with Crippen LogP contribution in [0.25, 0.3) is 11.4 Å². The van der Waals surface area contributed by atoms with E-state index in [4.69, 9.17) is 0 Å². The van der Waals surface area contributed by atoms with Gasteiger partial charge in [-0.2, -0.15) is 11.3 Å². The lowest BCUT2D eigenvalue weighted by Crippen LogP contribution is -2.53. The predicted octanol–water partition coefficient (Wildman–Crippen LogP) is 1.61. The molecule has 1 aliphatic rings. The van der Waals surface area contributed by atoms with Gasteiger partial charge in [-0.1, -0.05) is 20.8 Å². The fourth-order valence-electron chi connectivity index (χ4n) is 3.12. The van der Waals surface area contributed by atoms with E-state index < -0.39 is 11.5 Å². The largest absolute Gasteiger partial charge is 0.357 e. The van der Waals surface area contributed by atoms with Crippen molar-refractivity contribution in [1.82, 2.24) is 25.5 Å². The molecule has 3 rings (SSSR count). The van der Waals surface area contributed by atoms with Crippen molar-refractivity contribution >= 4 is 23.2 Å². The summed E-state index contributed by atoms with van der Waals surface area (Å²) in [4.78, 5) is 29.9. The fourth-order valence-corrected chi connectivity index (χ4v) is 3.75. The van der Waals surface area contributed by atoms with Gasteiger partial charge in [-0.05, 0) is 16.9 Å². The number of nitrogens with zero attached hydrogens (tertiary/aromatic N) is 2. The molecule has 1 atom stereocenters. The number of amides is 2. The maximum Gasteiger partial charge on any atom is 0.272 e. The number of fused-ring (bicyclic) bond motifs is 1. The highest BCUT2D eigenvalue weighted by Gasteiger charge is 2.34. The number of carbonyl (C=O) groups is 2. The van der Waals surface area contributed by atoms with E-state index in [9.17, 15) is 9.59 Å². The van der Waals surface area contributed by atoms with Crippen LogP contribution in [0, 0.1) is 5.41 Å². The number of carbonyl (C=O) groups excluding carboxylic acids is 2. The van der Waals surface area contributed by atoms with E-state index in [1.54, 1.807) is 18.4 Å². The summed E-state index contributed by atoms with van der Waals surface area (Å²) >= 11 is 1.60. The molecule has 2 aromatic heterocycles. The standard InChI is InChI=1S/C18H25N5O2S/c1-18(2,3)14(17(25)19-4)22-16(24)13-12-9-20-6-7-23(12)15(21-13)11-5-8-26-10-11/h5,8,10,14,20H,6-7,9H2,1-4H3,(H,19,25)(H,22,24). The Morgan fingerprint density at radius 2 is 2.15 bits per heavy atom. The number of aromatic nitrogens is 2. The third kappa shape index (κ3) is 3.52. The molecule has 0 radical (unpaired) electrons. The first-order chi connectivity index (χ1) is 12.3. The highest BCUT2D eigenvalue weighted by Crippen LogP contribution is 2.27. The predicted molar refractivity (Wildman–Crippen MR) is 102 cm³/mol. The number of hydrogen-bond donors (Lipinski definition) is 3. The molecular weight excluding hydrogens is 350 g/mol. The van der Waals surface area contributed by atoms with Crippen LogP contribution in [0.4, 0.5) is 0 Å². The molecule has 8 heteroatoms. The Bertz CT molecular complexity index is 804. The zero-order valence-electron chi connectivity index (χ0n) is 15.5. The van der Waals surface area contributed by atoms with Gasteiger partial charge in [-0.3, -0.25) is 9.59 Å². The lowest BCUT2D eigenvalue weighted by molar-refractivity contribution is -0.124. The average molecular weight is 375 g/mol. The van der Waals surface area contributed by atoms with Gasteiger partial charge in [-0.15, -0.1) is 0 Å². The third-order valence-corrected chi connectivity index (χ3v) is 5.20. The van der Waals surface area contributed by atoms with E-state index in [2.05, 4.69) is 25.5 Å². The summed E-state index contributed by atoms with van der Waals surface area (Å²) in [5.41, 5.74) is 1.84. The van der Waals surface area contributed by atoms with Crippen LogP contribution in [0.1, 0.15) is 37.0 Å². The second-order valence-corrected chi connectivity index (χ2v) is 8.24. The Morgan fingerprint density at radius 3 is 2.77 bits per heavy atom. The van der Waals surface area contributed by atoms with Crippen molar-refractivity contribution in [3.63, 3.8) is 0 Å². The summed E-state index contributed by atoms with van der Waals surface area (Å²) in [5, 5.41) is 12.8. The fraction of sp³-hybridized carbons (Fsp3) is 0.500. The van der Waals surface area contributed by atoms with Gasteiger partial charge in [-0.25, -0.2) is 4.98 Å². The van der Waals surface area contributed by atoms with E-state index in [0.29, 0.717) is 12.2 Å². The lowest BCUT2D eigenvalue weighted by atomic mass is 9.86.